The lowest BCUT2D eigenvalue weighted by molar-refractivity contribution is -0.133. The molecule has 0 bridgehead atoms. The van der Waals surface area contributed by atoms with Crippen LogP contribution in [0.15, 0.2) is 21.9 Å². The second-order valence-electron chi connectivity index (χ2n) is 4.52. The lowest BCUT2D eigenvalue weighted by Gasteiger charge is -2.06. The number of carboxylic acid groups (broad SMARTS) is 1. The summed E-state index contributed by atoms with van der Waals surface area (Å²) in [5.74, 6) is 0.535. The molecule has 0 atom stereocenters. The van der Waals surface area contributed by atoms with Crippen molar-refractivity contribution in [1.29, 1.82) is 0 Å². The molecule has 2 heterocycles. The van der Waals surface area contributed by atoms with Gasteiger partial charge < -0.3 is 9.52 Å². The predicted octanol–water partition coefficient (Wildman–Crippen LogP) is 2.36. The summed E-state index contributed by atoms with van der Waals surface area (Å²) >= 11 is 1.20. The topological polar surface area (TPSA) is 81.2 Å². The number of aromatic nitrogens is 3. The Balaban J connectivity index is 1.97. The van der Waals surface area contributed by atoms with Gasteiger partial charge in [0.25, 0.3) is 0 Å². The van der Waals surface area contributed by atoms with Gasteiger partial charge in [0.15, 0.2) is 10.9 Å². The lowest BCUT2D eigenvalue weighted by Crippen LogP contribution is -2.03. The number of nitrogens with zero attached hydrogens (tertiary/aromatic N) is 3. The van der Waals surface area contributed by atoms with Crippen LogP contribution in [0.25, 0.3) is 11.6 Å². The maximum Gasteiger partial charge on any atom is 0.313 e. The number of rotatable bonds is 5. The third-order valence-electron chi connectivity index (χ3n) is 2.97. The second kappa shape index (κ2) is 4.73. The fraction of sp³-hybridized carbons (Fsp3) is 0.417. The molecule has 1 aliphatic rings. The Morgan fingerprint density at radius 3 is 2.95 bits per heavy atom. The van der Waals surface area contributed by atoms with E-state index in [1.54, 1.807) is 6.26 Å². The minimum atomic E-state index is -0.855. The Kier molecular flexibility index (Phi) is 3.06. The van der Waals surface area contributed by atoms with Crippen molar-refractivity contribution in [2.24, 2.45) is 0 Å². The van der Waals surface area contributed by atoms with E-state index in [0.717, 1.165) is 18.4 Å². The molecule has 100 valence electrons. The molecule has 0 aromatic carbocycles. The molecular weight excluding hydrogens is 266 g/mol. The van der Waals surface area contributed by atoms with Crippen molar-refractivity contribution in [2.45, 2.75) is 31.0 Å². The van der Waals surface area contributed by atoms with Gasteiger partial charge >= 0.3 is 5.97 Å². The monoisotopic (exact) mass is 279 g/mol. The normalized spacial score (nSPS) is 14.8. The predicted molar refractivity (Wildman–Crippen MR) is 69.1 cm³/mol. The van der Waals surface area contributed by atoms with Gasteiger partial charge in [-0.25, -0.2) is 0 Å². The van der Waals surface area contributed by atoms with Crippen LogP contribution in [0.5, 0.6) is 0 Å². The van der Waals surface area contributed by atoms with Gasteiger partial charge in [0.1, 0.15) is 0 Å². The van der Waals surface area contributed by atoms with Crippen LogP contribution in [0.2, 0.25) is 0 Å². The molecule has 0 unspecified atom stereocenters. The molecule has 2 aromatic rings. The van der Waals surface area contributed by atoms with E-state index in [1.807, 2.05) is 17.6 Å². The van der Waals surface area contributed by atoms with Gasteiger partial charge in [-0.05, 0) is 31.4 Å². The lowest BCUT2D eigenvalue weighted by atomic mass is 10.3. The van der Waals surface area contributed by atoms with Gasteiger partial charge in [-0.3, -0.25) is 9.36 Å². The molecule has 0 aliphatic heterocycles. The number of hydrogen-bond donors (Lipinski definition) is 1. The highest BCUT2D eigenvalue weighted by Gasteiger charge is 2.31. The van der Waals surface area contributed by atoms with Crippen LogP contribution in [-0.4, -0.2) is 31.6 Å². The fourth-order valence-corrected chi connectivity index (χ4v) is 2.65. The van der Waals surface area contributed by atoms with Gasteiger partial charge in [0.05, 0.1) is 12.0 Å². The average molecular weight is 279 g/mol. The molecule has 3 rings (SSSR count). The van der Waals surface area contributed by atoms with E-state index < -0.39 is 5.97 Å². The molecule has 2 aromatic heterocycles. The largest absolute Gasteiger partial charge is 0.481 e. The van der Waals surface area contributed by atoms with E-state index in [9.17, 15) is 4.79 Å². The molecule has 7 heteroatoms. The third-order valence-corrected chi connectivity index (χ3v) is 3.89. The van der Waals surface area contributed by atoms with Crippen molar-refractivity contribution >= 4 is 17.7 Å². The second-order valence-corrected chi connectivity index (χ2v) is 5.47. The summed E-state index contributed by atoms with van der Waals surface area (Å²) in [6, 6.07) is 2.25. The summed E-state index contributed by atoms with van der Waals surface area (Å²) in [6.07, 6.45) is 3.78. The molecule has 1 aliphatic carbocycles. The smallest absolute Gasteiger partial charge is 0.313 e. The van der Waals surface area contributed by atoms with Crippen LogP contribution >= 0.6 is 11.8 Å². The summed E-state index contributed by atoms with van der Waals surface area (Å²) in [5.41, 5.74) is 1.00. The number of thioether (sulfide) groups is 1. The minimum absolute atomic E-state index is 0.0119. The maximum atomic E-state index is 10.7. The molecule has 1 saturated carbocycles. The highest BCUT2D eigenvalue weighted by Crippen LogP contribution is 2.41. The summed E-state index contributed by atoms with van der Waals surface area (Å²) < 4.78 is 7.46. The van der Waals surface area contributed by atoms with Crippen LogP contribution in [0, 0.1) is 6.92 Å². The standard InChI is InChI=1S/C12H13N3O3S/c1-7-4-5-18-10(7)11-13-14-12(19-6-9(16)17)15(11)8-2-3-8/h4-5,8H,2-3,6H2,1H3,(H,16,17). The zero-order chi connectivity index (χ0) is 13.4. The fourth-order valence-electron chi connectivity index (χ4n) is 1.92. The van der Waals surface area contributed by atoms with Crippen molar-refractivity contribution in [2.75, 3.05) is 5.75 Å². The number of aliphatic carboxylic acids is 1. The average Bonchev–Trinajstić information content (AvgIpc) is 2.98. The summed E-state index contributed by atoms with van der Waals surface area (Å²) in [5, 5.41) is 17.7. The summed E-state index contributed by atoms with van der Waals surface area (Å²) in [6.45, 7) is 1.95. The number of aryl methyl sites for hydroxylation is 1. The van der Waals surface area contributed by atoms with E-state index >= 15 is 0 Å². The quantitative estimate of drug-likeness (QED) is 0.846. The van der Waals surface area contributed by atoms with Gasteiger partial charge in [-0.1, -0.05) is 11.8 Å². The molecule has 1 fully saturated rings. The van der Waals surface area contributed by atoms with Crippen LogP contribution in [0.1, 0.15) is 24.4 Å². The molecule has 0 saturated heterocycles. The van der Waals surface area contributed by atoms with Crippen LogP contribution in [0.3, 0.4) is 0 Å². The Bertz CT molecular complexity index is 616. The zero-order valence-corrected chi connectivity index (χ0v) is 11.2. The van der Waals surface area contributed by atoms with E-state index in [-0.39, 0.29) is 5.75 Å². The molecular formula is C12H13N3O3S. The zero-order valence-electron chi connectivity index (χ0n) is 10.4. The number of carboxylic acids is 1. The first-order valence-electron chi connectivity index (χ1n) is 6.01. The van der Waals surface area contributed by atoms with Crippen molar-refractivity contribution < 1.29 is 14.3 Å². The van der Waals surface area contributed by atoms with E-state index in [4.69, 9.17) is 9.52 Å². The van der Waals surface area contributed by atoms with Crippen molar-refractivity contribution in [3.63, 3.8) is 0 Å². The van der Waals surface area contributed by atoms with Crippen molar-refractivity contribution in [3.05, 3.63) is 17.9 Å². The van der Waals surface area contributed by atoms with Crippen LogP contribution in [-0.2, 0) is 4.79 Å². The first kappa shape index (κ1) is 12.3. The highest BCUT2D eigenvalue weighted by molar-refractivity contribution is 7.99. The molecule has 19 heavy (non-hydrogen) atoms. The maximum absolute atomic E-state index is 10.7. The number of hydrogen-bond acceptors (Lipinski definition) is 5. The van der Waals surface area contributed by atoms with E-state index in [0.29, 0.717) is 22.8 Å². The number of furan rings is 1. The molecule has 0 spiro atoms. The first-order valence-corrected chi connectivity index (χ1v) is 6.99. The molecule has 0 radical (unpaired) electrons. The Morgan fingerprint density at radius 2 is 2.37 bits per heavy atom. The molecule has 0 amide bonds. The Labute approximate surface area is 113 Å². The van der Waals surface area contributed by atoms with Crippen molar-refractivity contribution in [3.8, 4) is 11.6 Å². The van der Waals surface area contributed by atoms with Gasteiger partial charge in [-0.2, -0.15) is 0 Å². The summed E-state index contributed by atoms with van der Waals surface area (Å²) in [7, 11) is 0. The van der Waals surface area contributed by atoms with E-state index in [1.165, 1.54) is 11.8 Å². The summed E-state index contributed by atoms with van der Waals surface area (Å²) in [4.78, 5) is 10.7. The van der Waals surface area contributed by atoms with E-state index in [2.05, 4.69) is 10.2 Å². The first-order chi connectivity index (χ1) is 9.16. The SMILES string of the molecule is Cc1ccoc1-c1nnc(SCC(=O)O)n1C1CC1. The van der Waals surface area contributed by atoms with Gasteiger partial charge in [0, 0.05) is 6.04 Å². The van der Waals surface area contributed by atoms with Crippen LogP contribution < -0.4 is 0 Å². The third kappa shape index (κ3) is 2.37. The minimum Gasteiger partial charge on any atom is -0.481 e. The van der Waals surface area contributed by atoms with Crippen LogP contribution in [0.4, 0.5) is 0 Å². The Hall–Kier alpha value is -1.76. The molecule has 6 nitrogen and oxygen atoms in total. The van der Waals surface area contributed by atoms with Crippen molar-refractivity contribution in [1.82, 2.24) is 14.8 Å². The van der Waals surface area contributed by atoms with Gasteiger partial charge in [0.2, 0.25) is 5.82 Å². The molecule has 1 N–H and O–H groups in total. The Morgan fingerprint density at radius 1 is 1.58 bits per heavy atom. The van der Waals surface area contributed by atoms with Gasteiger partial charge in [-0.15, -0.1) is 10.2 Å². The highest BCUT2D eigenvalue weighted by atomic mass is 32.2. The number of carbonyl (C=O) groups is 1.